The van der Waals surface area contributed by atoms with E-state index in [1.165, 1.54) is 16.9 Å². The normalized spacial score (nSPS) is 16.4. The zero-order valence-corrected chi connectivity index (χ0v) is 23.9. The molecule has 2 aliphatic rings. The monoisotopic (exact) mass is 636 g/mol. The third-order valence-electron chi connectivity index (χ3n) is 6.95. The van der Waals surface area contributed by atoms with Gasteiger partial charge in [0.1, 0.15) is 5.75 Å². The van der Waals surface area contributed by atoms with Crippen molar-refractivity contribution >= 4 is 45.7 Å². The van der Waals surface area contributed by atoms with Gasteiger partial charge in [-0.1, -0.05) is 47.7 Å². The van der Waals surface area contributed by atoms with Gasteiger partial charge in [0.05, 0.1) is 33.6 Å². The number of hydrogen-bond acceptors (Lipinski definition) is 6. The van der Waals surface area contributed by atoms with Crippen molar-refractivity contribution in [2.45, 2.75) is 25.8 Å². The number of thiazole rings is 1. The topological polar surface area (TPSA) is 73.0 Å². The number of fused-ring (bicyclic) bond motifs is 3. The summed E-state index contributed by atoms with van der Waals surface area (Å²) in [6.45, 7) is 2.31. The van der Waals surface area contributed by atoms with Crippen molar-refractivity contribution in [3.8, 4) is 17.2 Å². The van der Waals surface area contributed by atoms with E-state index in [0.29, 0.717) is 25.3 Å². The number of ether oxygens (including phenoxy) is 2. The molecule has 2 heterocycles. The summed E-state index contributed by atoms with van der Waals surface area (Å²) in [4.78, 5) is 19.7. The van der Waals surface area contributed by atoms with Crippen molar-refractivity contribution in [3.05, 3.63) is 112 Å². The number of methoxy groups -OCH3 is 1. The molecule has 1 aliphatic heterocycles. The number of aromatic nitrogens is 1. The quantitative estimate of drug-likeness (QED) is 0.312. The number of phenolic OH excluding ortho intramolecular Hbond substituents is 1. The van der Waals surface area contributed by atoms with Gasteiger partial charge in [0.25, 0.3) is 5.56 Å². The third-order valence-corrected chi connectivity index (χ3v) is 8.76. The first-order valence-corrected chi connectivity index (χ1v) is 14.3. The number of phenols is 1. The Morgan fingerprint density at radius 3 is 2.71 bits per heavy atom. The van der Waals surface area contributed by atoms with E-state index in [2.05, 4.69) is 40.8 Å². The van der Waals surface area contributed by atoms with E-state index in [4.69, 9.17) is 14.5 Å². The SMILES string of the molecule is CCOc1cc(/C=c2\sc3n(c2=O)[C@H](c2ccc(OC)cc2)C2=C(N=3)c3ccccc3CC2)cc(I)c1O. The average molecular weight is 637 g/mol. The molecular formula is C30H25IN2O4S. The molecule has 3 aromatic carbocycles. The lowest BCUT2D eigenvalue weighted by molar-refractivity contribution is 0.317. The molecule has 6 rings (SSSR count). The largest absolute Gasteiger partial charge is 0.504 e. The van der Waals surface area contributed by atoms with Crippen molar-refractivity contribution in [3.63, 3.8) is 0 Å². The van der Waals surface area contributed by atoms with E-state index in [9.17, 15) is 9.90 Å². The minimum Gasteiger partial charge on any atom is -0.504 e. The van der Waals surface area contributed by atoms with Crippen LogP contribution in [0, 0.1) is 3.57 Å². The maximum Gasteiger partial charge on any atom is 0.271 e. The number of benzene rings is 3. The van der Waals surface area contributed by atoms with Gasteiger partial charge in [-0.15, -0.1) is 0 Å². The molecule has 1 aliphatic carbocycles. The van der Waals surface area contributed by atoms with Gasteiger partial charge >= 0.3 is 0 Å². The molecule has 38 heavy (non-hydrogen) atoms. The van der Waals surface area contributed by atoms with Gasteiger partial charge in [0, 0.05) is 5.56 Å². The Hall–Kier alpha value is -3.37. The minimum absolute atomic E-state index is 0.0824. The van der Waals surface area contributed by atoms with Gasteiger partial charge in [-0.2, -0.15) is 0 Å². The fourth-order valence-corrected chi connectivity index (χ4v) is 6.83. The van der Waals surface area contributed by atoms with Crippen molar-refractivity contribution in [1.29, 1.82) is 0 Å². The van der Waals surface area contributed by atoms with Crippen LogP contribution in [0.1, 0.15) is 41.6 Å². The number of aryl methyl sites for hydroxylation is 1. The molecule has 1 N–H and O–H groups in total. The summed E-state index contributed by atoms with van der Waals surface area (Å²) < 4.78 is 14.1. The maximum atomic E-state index is 14.0. The second kappa shape index (κ2) is 10.1. The van der Waals surface area contributed by atoms with Crippen LogP contribution in [0.25, 0.3) is 11.8 Å². The van der Waals surface area contributed by atoms with Crippen LogP contribution >= 0.6 is 33.9 Å². The fourth-order valence-electron chi connectivity index (χ4n) is 5.20. The standard InChI is InChI=1S/C30H25IN2O4S/c1-3-37-24-15-17(14-23(31)28(24)34)16-25-29(35)33-27(19-8-11-20(36-2)12-9-19)22-13-10-18-6-4-5-7-21(18)26(22)32-30(33)38-25/h4-9,11-12,14-16,27,34H,3,10,13H2,1-2H3/b25-16-/t27-/m1/s1. The highest BCUT2D eigenvalue weighted by molar-refractivity contribution is 14.1. The summed E-state index contributed by atoms with van der Waals surface area (Å²) in [5.41, 5.74) is 6.28. The Morgan fingerprint density at radius 1 is 1.16 bits per heavy atom. The van der Waals surface area contributed by atoms with Gasteiger partial charge in [-0.25, -0.2) is 4.99 Å². The summed E-state index contributed by atoms with van der Waals surface area (Å²) in [5.74, 6) is 1.29. The Balaban J connectivity index is 1.58. The molecular weight excluding hydrogens is 611 g/mol. The molecule has 0 radical (unpaired) electrons. The summed E-state index contributed by atoms with van der Waals surface area (Å²) >= 11 is 3.46. The van der Waals surface area contributed by atoms with Crippen LogP contribution in [0.5, 0.6) is 17.2 Å². The molecule has 0 fully saturated rings. The van der Waals surface area contributed by atoms with E-state index < -0.39 is 0 Å². The maximum absolute atomic E-state index is 14.0. The number of aromatic hydroxyl groups is 1. The molecule has 6 nitrogen and oxygen atoms in total. The van der Waals surface area contributed by atoms with Crippen LogP contribution in [0.15, 0.2) is 76.0 Å². The molecule has 192 valence electrons. The second-order valence-corrected chi connectivity index (χ2v) is 11.3. The van der Waals surface area contributed by atoms with Crippen LogP contribution in [0.2, 0.25) is 0 Å². The van der Waals surface area contributed by atoms with Crippen molar-refractivity contribution in [2.24, 2.45) is 4.99 Å². The fraction of sp³-hybridized carbons (Fsp3) is 0.200. The lowest BCUT2D eigenvalue weighted by atomic mass is 9.83. The molecule has 0 unspecified atom stereocenters. The Labute approximate surface area is 237 Å². The van der Waals surface area contributed by atoms with Gasteiger partial charge in [0.15, 0.2) is 16.3 Å². The van der Waals surface area contributed by atoms with Crippen LogP contribution in [0.3, 0.4) is 0 Å². The Bertz CT molecular complexity index is 1770. The molecule has 0 amide bonds. The van der Waals surface area contributed by atoms with Gasteiger partial charge in [-0.3, -0.25) is 9.36 Å². The molecule has 0 saturated heterocycles. The average Bonchev–Trinajstić information content (AvgIpc) is 3.24. The van der Waals surface area contributed by atoms with Gasteiger partial charge in [0.2, 0.25) is 0 Å². The molecule has 8 heteroatoms. The van der Waals surface area contributed by atoms with Crippen LogP contribution < -0.4 is 24.4 Å². The van der Waals surface area contributed by atoms with E-state index in [0.717, 1.165) is 46.6 Å². The van der Waals surface area contributed by atoms with Crippen LogP contribution in [-0.4, -0.2) is 23.4 Å². The van der Waals surface area contributed by atoms with E-state index >= 15 is 0 Å². The van der Waals surface area contributed by atoms with E-state index in [-0.39, 0.29) is 17.4 Å². The van der Waals surface area contributed by atoms with Gasteiger partial charge < -0.3 is 14.6 Å². The molecule has 1 atom stereocenters. The van der Waals surface area contributed by atoms with Gasteiger partial charge in [-0.05, 0) is 95.0 Å². The molecule has 0 spiro atoms. The lowest BCUT2D eigenvalue weighted by Gasteiger charge is -2.30. The van der Waals surface area contributed by atoms with Crippen molar-refractivity contribution < 1.29 is 14.6 Å². The predicted molar refractivity (Wildman–Crippen MR) is 158 cm³/mol. The van der Waals surface area contributed by atoms with E-state index in [1.807, 2.05) is 54.0 Å². The molecule has 4 aromatic rings. The smallest absolute Gasteiger partial charge is 0.271 e. The highest BCUT2D eigenvalue weighted by atomic mass is 127. The number of halogens is 1. The number of rotatable bonds is 5. The Kier molecular flexibility index (Phi) is 6.61. The number of nitrogens with zero attached hydrogens (tertiary/aromatic N) is 2. The number of hydrogen-bond donors (Lipinski definition) is 1. The van der Waals surface area contributed by atoms with E-state index in [1.54, 1.807) is 13.2 Å². The predicted octanol–water partition coefficient (Wildman–Crippen LogP) is 5.04. The Morgan fingerprint density at radius 2 is 1.95 bits per heavy atom. The number of allylic oxidation sites excluding steroid dienone is 1. The highest BCUT2D eigenvalue weighted by Gasteiger charge is 2.32. The molecule has 1 aromatic heterocycles. The highest BCUT2D eigenvalue weighted by Crippen LogP contribution is 2.41. The summed E-state index contributed by atoms with van der Waals surface area (Å²) in [7, 11) is 1.65. The minimum atomic E-state index is -0.249. The first-order chi connectivity index (χ1) is 18.5. The second-order valence-electron chi connectivity index (χ2n) is 9.17. The first kappa shape index (κ1) is 24.9. The lowest BCUT2D eigenvalue weighted by Crippen LogP contribution is -2.38. The first-order valence-electron chi connectivity index (χ1n) is 12.4. The van der Waals surface area contributed by atoms with Crippen LogP contribution in [-0.2, 0) is 6.42 Å². The molecule has 0 bridgehead atoms. The summed E-state index contributed by atoms with van der Waals surface area (Å²) in [5, 5.41) is 10.4. The summed E-state index contributed by atoms with van der Waals surface area (Å²) in [6.07, 6.45) is 3.60. The zero-order chi connectivity index (χ0) is 26.4. The summed E-state index contributed by atoms with van der Waals surface area (Å²) in [6, 6.07) is 19.7. The zero-order valence-electron chi connectivity index (χ0n) is 20.9. The van der Waals surface area contributed by atoms with Crippen molar-refractivity contribution in [1.82, 2.24) is 4.57 Å². The van der Waals surface area contributed by atoms with Crippen molar-refractivity contribution in [2.75, 3.05) is 13.7 Å². The molecule has 0 saturated carbocycles. The van der Waals surface area contributed by atoms with Crippen LogP contribution in [0.4, 0.5) is 0 Å². The third kappa shape index (κ3) is 4.25.